The minimum atomic E-state index is -0.928. The fourth-order valence-corrected chi connectivity index (χ4v) is 2.97. The van der Waals surface area contributed by atoms with E-state index in [0.29, 0.717) is 5.11 Å². The number of hydrogen-bond acceptors (Lipinski definition) is 3. The smallest absolute Gasteiger partial charge is 0.335 e. The maximum Gasteiger partial charge on any atom is 0.335 e. The van der Waals surface area contributed by atoms with E-state index < -0.39 is 5.97 Å². The third-order valence-electron chi connectivity index (χ3n) is 3.47. The van der Waals surface area contributed by atoms with Crippen LogP contribution in [0.15, 0.2) is 18.2 Å². The van der Waals surface area contributed by atoms with Crippen LogP contribution in [-0.2, 0) is 0 Å². The van der Waals surface area contributed by atoms with Crippen LogP contribution in [0.3, 0.4) is 0 Å². The first kappa shape index (κ1) is 11.3. The molecule has 18 heavy (non-hydrogen) atoms. The van der Waals surface area contributed by atoms with Gasteiger partial charge in [-0.1, -0.05) is 0 Å². The Morgan fingerprint density at radius 3 is 3.06 bits per heavy atom. The van der Waals surface area contributed by atoms with Gasteiger partial charge in [0, 0.05) is 13.0 Å². The fourth-order valence-electron chi connectivity index (χ4n) is 2.57. The van der Waals surface area contributed by atoms with Gasteiger partial charge in [0.25, 0.3) is 0 Å². The molecule has 2 aliphatic heterocycles. The zero-order valence-electron chi connectivity index (χ0n) is 9.86. The topological polar surface area (TPSA) is 64.6 Å². The van der Waals surface area contributed by atoms with Gasteiger partial charge in [0.15, 0.2) is 5.11 Å². The van der Waals surface area contributed by atoms with Crippen molar-refractivity contribution in [3.8, 4) is 0 Å². The van der Waals surface area contributed by atoms with Crippen molar-refractivity contribution in [1.29, 1.82) is 0 Å². The molecular weight excluding hydrogens is 250 g/mol. The number of carbonyl (C=O) groups is 1. The molecule has 1 atom stereocenters. The first-order valence-corrected chi connectivity index (χ1v) is 6.16. The van der Waals surface area contributed by atoms with Gasteiger partial charge in [0.1, 0.15) is 5.66 Å². The highest BCUT2D eigenvalue weighted by molar-refractivity contribution is 7.80. The van der Waals surface area contributed by atoms with Crippen LogP contribution in [0.5, 0.6) is 0 Å². The summed E-state index contributed by atoms with van der Waals surface area (Å²) in [6, 6.07) is 5.06. The average Bonchev–Trinajstić information content (AvgIpc) is 2.60. The normalized spacial score (nSPS) is 24.9. The first-order chi connectivity index (χ1) is 8.51. The molecule has 0 aliphatic carbocycles. The van der Waals surface area contributed by atoms with Gasteiger partial charge >= 0.3 is 5.97 Å². The number of anilines is 2. The quantitative estimate of drug-likeness (QED) is 0.669. The van der Waals surface area contributed by atoms with Crippen LogP contribution in [0.25, 0.3) is 0 Å². The lowest BCUT2D eigenvalue weighted by atomic mass is 10.1. The molecule has 0 spiro atoms. The average molecular weight is 263 g/mol. The SMILES string of the molecule is CC12CCNC(=S)N1c1cc(C(=O)O)ccc1N2. The Morgan fingerprint density at radius 1 is 1.56 bits per heavy atom. The van der Waals surface area contributed by atoms with Crippen molar-refractivity contribution in [2.45, 2.75) is 19.0 Å². The first-order valence-electron chi connectivity index (χ1n) is 5.75. The molecular formula is C12H13N3O2S. The van der Waals surface area contributed by atoms with Gasteiger partial charge < -0.3 is 15.7 Å². The summed E-state index contributed by atoms with van der Waals surface area (Å²) in [5.41, 5.74) is 1.76. The number of thiocarbonyl (C=S) groups is 1. The molecule has 1 saturated heterocycles. The van der Waals surface area contributed by atoms with Crippen LogP contribution in [0.2, 0.25) is 0 Å². The molecule has 0 saturated carbocycles. The number of carboxylic acid groups (broad SMARTS) is 1. The molecule has 1 unspecified atom stereocenters. The summed E-state index contributed by atoms with van der Waals surface area (Å²) < 4.78 is 0. The number of rotatable bonds is 1. The summed E-state index contributed by atoms with van der Waals surface area (Å²) in [7, 11) is 0. The predicted octanol–water partition coefficient (Wildman–Crippen LogP) is 1.61. The van der Waals surface area contributed by atoms with Crippen molar-refractivity contribution < 1.29 is 9.90 Å². The maximum atomic E-state index is 11.0. The van der Waals surface area contributed by atoms with E-state index in [1.54, 1.807) is 18.2 Å². The van der Waals surface area contributed by atoms with E-state index in [-0.39, 0.29) is 11.2 Å². The number of fused-ring (bicyclic) bond motifs is 3. The Hall–Kier alpha value is -1.82. The minimum absolute atomic E-state index is 0.262. The van der Waals surface area contributed by atoms with Crippen LogP contribution < -0.4 is 15.5 Å². The monoisotopic (exact) mass is 263 g/mol. The summed E-state index contributed by atoms with van der Waals surface area (Å²) in [4.78, 5) is 13.0. The summed E-state index contributed by atoms with van der Waals surface area (Å²) in [6.45, 7) is 2.89. The highest BCUT2D eigenvalue weighted by Gasteiger charge is 2.43. The molecule has 0 bridgehead atoms. The highest BCUT2D eigenvalue weighted by atomic mass is 32.1. The van der Waals surface area contributed by atoms with Gasteiger partial charge in [-0.15, -0.1) is 0 Å². The molecule has 0 aromatic heterocycles. The number of nitrogens with one attached hydrogen (secondary N) is 2. The number of nitrogens with zero attached hydrogens (tertiary/aromatic N) is 1. The second-order valence-corrected chi connectivity index (χ2v) is 5.14. The van der Waals surface area contributed by atoms with Crippen LogP contribution in [0.4, 0.5) is 11.4 Å². The standard InChI is InChI=1S/C12H13N3O2S/c1-12-4-5-13-11(18)15(12)9-6-7(10(16)17)2-3-8(9)14-12/h2-3,6,14H,4-5H2,1H3,(H,13,18)(H,16,17). The summed E-state index contributed by atoms with van der Waals surface area (Å²) in [6.07, 6.45) is 0.893. The van der Waals surface area contributed by atoms with Gasteiger partial charge in [-0.2, -0.15) is 0 Å². The van der Waals surface area contributed by atoms with Crippen molar-refractivity contribution in [3.63, 3.8) is 0 Å². The van der Waals surface area contributed by atoms with E-state index >= 15 is 0 Å². The van der Waals surface area contributed by atoms with Crippen molar-refractivity contribution in [3.05, 3.63) is 23.8 Å². The zero-order chi connectivity index (χ0) is 12.9. The third-order valence-corrected chi connectivity index (χ3v) is 3.80. The Balaban J connectivity index is 2.12. The van der Waals surface area contributed by atoms with E-state index in [1.165, 1.54) is 0 Å². The Labute approximate surface area is 110 Å². The molecule has 2 heterocycles. The second-order valence-electron chi connectivity index (χ2n) is 4.75. The van der Waals surface area contributed by atoms with Gasteiger partial charge in [-0.25, -0.2) is 4.79 Å². The molecule has 1 aromatic rings. The molecule has 0 amide bonds. The van der Waals surface area contributed by atoms with Gasteiger partial charge in [0.05, 0.1) is 16.9 Å². The van der Waals surface area contributed by atoms with Crippen LogP contribution >= 0.6 is 12.2 Å². The summed E-state index contributed by atoms with van der Waals surface area (Å²) >= 11 is 5.33. The predicted molar refractivity (Wildman–Crippen MR) is 73.1 cm³/mol. The van der Waals surface area contributed by atoms with Gasteiger partial charge in [-0.3, -0.25) is 4.90 Å². The summed E-state index contributed by atoms with van der Waals surface area (Å²) in [5.74, 6) is -0.928. The van der Waals surface area contributed by atoms with E-state index in [4.69, 9.17) is 17.3 Å². The molecule has 1 aromatic carbocycles. The van der Waals surface area contributed by atoms with E-state index in [1.807, 2.05) is 4.90 Å². The molecule has 0 radical (unpaired) electrons. The molecule has 1 fully saturated rings. The largest absolute Gasteiger partial charge is 0.478 e. The Morgan fingerprint density at radius 2 is 2.33 bits per heavy atom. The number of hydrogen-bond donors (Lipinski definition) is 3. The van der Waals surface area contributed by atoms with Crippen molar-refractivity contribution in [1.82, 2.24) is 5.32 Å². The molecule has 6 heteroatoms. The van der Waals surface area contributed by atoms with E-state index in [2.05, 4.69) is 17.6 Å². The van der Waals surface area contributed by atoms with Crippen LogP contribution in [0, 0.1) is 0 Å². The van der Waals surface area contributed by atoms with E-state index in [0.717, 1.165) is 24.3 Å². The lowest BCUT2D eigenvalue weighted by Gasteiger charge is -2.41. The third kappa shape index (κ3) is 1.45. The lowest BCUT2D eigenvalue weighted by molar-refractivity contribution is 0.0697. The van der Waals surface area contributed by atoms with Gasteiger partial charge in [-0.05, 0) is 37.3 Å². The lowest BCUT2D eigenvalue weighted by Crippen LogP contribution is -2.60. The number of benzene rings is 1. The highest BCUT2D eigenvalue weighted by Crippen LogP contribution is 2.43. The van der Waals surface area contributed by atoms with Crippen molar-refractivity contribution in [2.24, 2.45) is 0 Å². The Bertz CT molecular complexity index is 560. The maximum absolute atomic E-state index is 11.0. The number of carboxylic acids is 1. The van der Waals surface area contributed by atoms with Crippen LogP contribution in [0.1, 0.15) is 23.7 Å². The van der Waals surface area contributed by atoms with Gasteiger partial charge in [0.2, 0.25) is 0 Å². The molecule has 2 aliphatic rings. The molecule has 3 N–H and O–H groups in total. The van der Waals surface area contributed by atoms with Crippen molar-refractivity contribution in [2.75, 3.05) is 16.8 Å². The Kier molecular flexibility index (Phi) is 2.25. The van der Waals surface area contributed by atoms with Crippen LogP contribution in [-0.4, -0.2) is 28.4 Å². The zero-order valence-corrected chi connectivity index (χ0v) is 10.7. The fraction of sp³-hybridized carbons (Fsp3) is 0.333. The molecule has 3 rings (SSSR count). The number of aromatic carboxylic acids is 1. The van der Waals surface area contributed by atoms with Crippen molar-refractivity contribution >= 4 is 34.7 Å². The minimum Gasteiger partial charge on any atom is -0.478 e. The molecule has 94 valence electrons. The molecule has 5 nitrogen and oxygen atoms in total. The van der Waals surface area contributed by atoms with E-state index in [9.17, 15) is 4.79 Å². The second kappa shape index (κ2) is 3.58. The summed E-state index contributed by atoms with van der Waals surface area (Å²) in [5, 5.41) is 16.2.